The Morgan fingerprint density at radius 3 is 2.65 bits per heavy atom. The van der Waals surface area contributed by atoms with Gasteiger partial charge in [-0.15, -0.1) is 10.2 Å². The first kappa shape index (κ1) is 15.1. The van der Waals surface area contributed by atoms with Gasteiger partial charge in [0, 0.05) is 19.4 Å². The molecule has 0 N–H and O–H groups in total. The van der Waals surface area contributed by atoms with Gasteiger partial charge in [0.15, 0.2) is 5.16 Å². The van der Waals surface area contributed by atoms with E-state index < -0.39 is 0 Å². The first-order valence-corrected chi connectivity index (χ1v) is 7.77. The van der Waals surface area contributed by atoms with Crippen LogP contribution in [0, 0.1) is 0 Å². The van der Waals surface area contributed by atoms with Crippen LogP contribution in [0.2, 0.25) is 0 Å². The fourth-order valence-electron chi connectivity index (χ4n) is 1.85. The van der Waals surface area contributed by atoms with Gasteiger partial charge >= 0.3 is 0 Å². The number of nitrogens with zero attached hydrogens (tertiary/aromatic N) is 3. The first-order chi connectivity index (χ1) is 9.70. The molecule has 0 aliphatic carbocycles. The van der Waals surface area contributed by atoms with Crippen molar-refractivity contribution >= 4 is 11.8 Å². The highest BCUT2D eigenvalue weighted by Gasteiger charge is 2.06. The Balaban J connectivity index is 1.93. The fraction of sp³-hybridized carbons (Fsp3) is 0.467. The Labute approximate surface area is 124 Å². The molecule has 1 heterocycles. The molecule has 0 bridgehead atoms. The zero-order valence-corrected chi connectivity index (χ0v) is 13.1. The summed E-state index contributed by atoms with van der Waals surface area (Å²) in [6.07, 6.45) is 1.75. The summed E-state index contributed by atoms with van der Waals surface area (Å²) in [5, 5.41) is 9.05. The van der Waals surface area contributed by atoms with E-state index in [9.17, 15) is 0 Å². The van der Waals surface area contributed by atoms with Crippen LogP contribution in [0.3, 0.4) is 0 Å². The predicted octanol–water partition coefficient (Wildman–Crippen LogP) is 3.34. The molecular weight excluding hydrogens is 270 g/mol. The number of thioether (sulfide) groups is 1. The van der Waals surface area contributed by atoms with Crippen LogP contribution < -0.4 is 0 Å². The van der Waals surface area contributed by atoms with E-state index in [0.717, 1.165) is 17.5 Å². The van der Waals surface area contributed by atoms with Crippen LogP contribution in [-0.2, 0) is 17.0 Å². The van der Waals surface area contributed by atoms with Gasteiger partial charge < -0.3 is 9.30 Å². The molecule has 0 unspecified atom stereocenters. The molecule has 0 aliphatic heterocycles. The second-order valence-corrected chi connectivity index (χ2v) is 5.93. The van der Waals surface area contributed by atoms with Crippen molar-refractivity contribution in [3.63, 3.8) is 0 Å². The smallest absolute Gasteiger partial charge is 0.191 e. The number of aromatic nitrogens is 3. The van der Waals surface area contributed by atoms with Gasteiger partial charge in [-0.2, -0.15) is 0 Å². The Kier molecular flexibility index (Phi) is 5.61. The Morgan fingerprint density at radius 1 is 1.25 bits per heavy atom. The van der Waals surface area contributed by atoms with Gasteiger partial charge in [-0.05, 0) is 17.0 Å². The highest BCUT2D eigenvalue weighted by Crippen LogP contribution is 2.22. The molecule has 1 aromatic carbocycles. The van der Waals surface area contributed by atoms with Crippen LogP contribution in [0.1, 0.15) is 30.9 Å². The number of hydrogen-bond donors (Lipinski definition) is 0. The predicted molar refractivity (Wildman–Crippen MR) is 82.0 cm³/mol. The minimum atomic E-state index is 0.578. The zero-order chi connectivity index (χ0) is 14.4. The molecule has 0 atom stereocenters. The molecular formula is C15H21N3OS. The summed E-state index contributed by atoms with van der Waals surface area (Å²) < 4.78 is 7.11. The van der Waals surface area contributed by atoms with E-state index >= 15 is 0 Å². The van der Waals surface area contributed by atoms with Crippen molar-refractivity contribution in [1.29, 1.82) is 0 Å². The standard InChI is InChI=1S/C15H21N3OS/c1-12(2)14-6-4-13(5-7-14)10-20-15-17-16-11-18(15)8-9-19-3/h4-7,11-12H,8-10H2,1-3H3. The van der Waals surface area contributed by atoms with Crippen molar-refractivity contribution in [2.45, 2.75) is 37.2 Å². The van der Waals surface area contributed by atoms with E-state index in [4.69, 9.17) is 4.74 Å². The third-order valence-electron chi connectivity index (χ3n) is 3.13. The zero-order valence-electron chi connectivity index (χ0n) is 12.2. The molecule has 0 amide bonds. The maximum absolute atomic E-state index is 5.08. The third-order valence-corrected chi connectivity index (χ3v) is 4.18. The summed E-state index contributed by atoms with van der Waals surface area (Å²) >= 11 is 1.71. The largest absolute Gasteiger partial charge is 0.383 e. The quantitative estimate of drug-likeness (QED) is 0.734. The normalized spacial score (nSPS) is 11.2. The van der Waals surface area contributed by atoms with Crippen LogP contribution in [0.15, 0.2) is 35.7 Å². The van der Waals surface area contributed by atoms with Crippen molar-refractivity contribution < 1.29 is 4.74 Å². The minimum Gasteiger partial charge on any atom is -0.383 e. The lowest BCUT2D eigenvalue weighted by atomic mass is 10.0. The maximum atomic E-state index is 5.08. The highest BCUT2D eigenvalue weighted by molar-refractivity contribution is 7.98. The van der Waals surface area contributed by atoms with Crippen LogP contribution >= 0.6 is 11.8 Å². The summed E-state index contributed by atoms with van der Waals surface area (Å²) in [5.41, 5.74) is 2.68. The van der Waals surface area contributed by atoms with Crippen molar-refractivity contribution in [2.24, 2.45) is 0 Å². The molecule has 2 aromatic rings. The average molecular weight is 291 g/mol. The average Bonchev–Trinajstić information content (AvgIpc) is 2.90. The van der Waals surface area contributed by atoms with Crippen LogP contribution in [0.25, 0.3) is 0 Å². The van der Waals surface area contributed by atoms with Crippen LogP contribution in [0.4, 0.5) is 0 Å². The van der Waals surface area contributed by atoms with Crippen molar-refractivity contribution in [3.8, 4) is 0 Å². The molecule has 0 saturated heterocycles. The van der Waals surface area contributed by atoms with Crippen molar-refractivity contribution in [2.75, 3.05) is 13.7 Å². The Morgan fingerprint density at radius 2 is 2.00 bits per heavy atom. The van der Waals surface area contributed by atoms with Crippen molar-refractivity contribution in [1.82, 2.24) is 14.8 Å². The molecule has 1 aromatic heterocycles. The monoisotopic (exact) mass is 291 g/mol. The van der Waals surface area contributed by atoms with E-state index in [1.54, 1.807) is 25.2 Å². The fourth-order valence-corrected chi connectivity index (χ4v) is 2.74. The van der Waals surface area contributed by atoms with E-state index in [1.165, 1.54) is 11.1 Å². The summed E-state index contributed by atoms with van der Waals surface area (Å²) in [6.45, 7) is 5.89. The van der Waals surface area contributed by atoms with Gasteiger partial charge in [0.2, 0.25) is 0 Å². The summed E-state index contributed by atoms with van der Waals surface area (Å²) in [6, 6.07) is 8.79. The van der Waals surface area contributed by atoms with E-state index in [2.05, 4.69) is 48.3 Å². The van der Waals surface area contributed by atoms with Crippen molar-refractivity contribution in [3.05, 3.63) is 41.7 Å². The topological polar surface area (TPSA) is 39.9 Å². The number of methoxy groups -OCH3 is 1. The lowest BCUT2D eigenvalue weighted by Crippen LogP contribution is -2.04. The molecule has 0 aliphatic rings. The molecule has 5 heteroatoms. The lowest BCUT2D eigenvalue weighted by Gasteiger charge is -2.07. The van der Waals surface area contributed by atoms with Gasteiger partial charge in [-0.1, -0.05) is 49.9 Å². The summed E-state index contributed by atoms with van der Waals surface area (Å²) in [7, 11) is 1.70. The Bertz CT molecular complexity index is 522. The molecule has 0 radical (unpaired) electrons. The first-order valence-electron chi connectivity index (χ1n) is 6.79. The summed E-state index contributed by atoms with van der Waals surface area (Å²) in [4.78, 5) is 0. The second-order valence-electron chi connectivity index (χ2n) is 4.98. The van der Waals surface area contributed by atoms with Gasteiger partial charge in [0.1, 0.15) is 6.33 Å². The van der Waals surface area contributed by atoms with E-state index in [-0.39, 0.29) is 0 Å². The van der Waals surface area contributed by atoms with Gasteiger partial charge in [-0.25, -0.2) is 0 Å². The Hall–Kier alpha value is -1.33. The molecule has 2 rings (SSSR count). The number of hydrogen-bond acceptors (Lipinski definition) is 4. The molecule has 0 spiro atoms. The molecule has 4 nitrogen and oxygen atoms in total. The number of ether oxygens (including phenoxy) is 1. The van der Waals surface area contributed by atoms with Crippen LogP contribution in [0.5, 0.6) is 0 Å². The third kappa shape index (κ3) is 4.08. The second kappa shape index (κ2) is 7.45. The minimum absolute atomic E-state index is 0.578. The molecule has 0 fully saturated rings. The van der Waals surface area contributed by atoms with E-state index in [0.29, 0.717) is 12.5 Å². The van der Waals surface area contributed by atoms with Gasteiger partial charge in [-0.3, -0.25) is 0 Å². The maximum Gasteiger partial charge on any atom is 0.191 e. The molecule has 20 heavy (non-hydrogen) atoms. The number of benzene rings is 1. The number of rotatable bonds is 7. The molecule has 0 saturated carbocycles. The SMILES string of the molecule is COCCn1cnnc1SCc1ccc(C(C)C)cc1. The van der Waals surface area contributed by atoms with Gasteiger partial charge in [0.05, 0.1) is 6.61 Å². The van der Waals surface area contributed by atoms with Gasteiger partial charge in [0.25, 0.3) is 0 Å². The lowest BCUT2D eigenvalue weighted by molar-refractivity contribution is 0.184. The van der Waals surface area contributed by atoms with E-state index in [1.807, 2.05) is 4.57 Å². The summed E-state index contributed by atoms with van der Waals surface area (Å²) in [5.74, 6) is 1.48. The highest BCUT2D eigenvalue weighted by atomic mass is 32.2. The molecule has 108 valence electrons. The van der Waals surface area contributed by atoms with Crippen LogP contribution in [-0.4, -0.2) is 28.5 Å².